The van der Waals surface area contributed by atoms with Gasteiger partial charge in [0.25, 0.3) is 0 Å². The van der Waals surface area contributed by atoms with E-state index in [4.69, 9.17) is 11.6 Å². The summed E-state index contributed by atoms with van der Waals surface area (Å²) < 4.78 is 0. The van der Waals surface area contributed by atoms with Crippen molar-refractivity contribution in [2.45, 2.75) is 12.4 Å². The number of pyridine rings is 1. The van der Waals surface area contributed by atoms with E-state index in [1.54, 1.807) is 0 Å². The predicted octanol–water partition coefficient (Wildman–Crippen LogP) is 4.59. The molecule has 0 saturated carbocycles. The molecule has 0 amide bonds. The first-order valence-electron chi connectivity index (χ1n) is 6.58. The number of hydrogen-bond donors (Lipinski definition) is 1. The second-order valence-corrected chi connectivity index (χ2v) is 4.94. The number of fused-ring (bicyclic) bond motifs is 1. The molecule has 3 aromatic rings. The second kappa shape index (κ2) is 5.93. The summed E-state index contributed by atoms with van der Waals surface area (Å²) in [6.07, 6.45) is 1.86. The molecule has 3 rings (SSSR count). The Bertz CT molecular complexity index is 702. The number of halogens is 1. The molecule has 0 spiro atoms. The van der Waals surface area contributed by atoms with Gasteiger partial charge in [0.2, 0.25) is 0 Å². The summed E-state index contributed by atoms with van der Waals surface area (Å²) >= 11 is 5.79. The Labute approximate surface area is 123 Å². The highest BCUT2D eigenvalue weighted by molar-refractivity contribution is 6.17. The van der Waals surface area contributed by atoms with Crippen LogP contribution in [-0.2, 0) is 12.4 Å². The summed E-state index contributed by atoms with van der Waals surface area (Å²) in [7, 11) is 0. The van der Waals surface area contributed by atoms with Crippen molar-refractivity contribution in [1.82, 2.24) is 4.98 Å². The summed E-state index contributed by atoms with van der Waals surface area (Å²) in [4.78, 5) is 4.38. The molecule has 0 unspecified atom stereocenters. The van der Waals surface area contributed by atoms with E-state index in [0.29, 0.717) is 5.88 Å². The molecule has 2 nitrogen and oxygen atoms in total. The maximum Gasteiger partial charge on any atom is 0.0705 e. The number of nitrogens with zero attached hydrogens (tertiary/aromatic N) is 1. The molecule has 2 aromatic carbocycles. The highest BCUT2D eigenvalue weighted by Gasteiger charge is 2.01. The molecule has 0 saturated heterocycles. The average molecular weight is 283 g/mol. The number of rotatable bonds is 4. The van der Waals surface area contributed by atoms with Crippen LogP contribution in [0.1, 0.15) is 11.1 Å². The Kier molecular flexibility index (Phi) is 3.84. The molecule has 0 aliphatic rings. The van der Waals surface area contributed by atoms with Crippen molar-refractivity contribution in [1.29, 1.82) is 0 Å². The molecule has 0 aliphatic carbocycles. The van der Waals surface area contributed by atoms with Crippen LogP contribution in [-0.4, -0.2) is 4.98 Å². The molecule has 20 heavy (non-hydrogen) atoms. The maximum atomic E-state index is 5.79. The third-order valence-electron chi connectivity index (χ3n) is 3.33. The van der Waals surface area contributed by atoms with Gasteiger partial charge in [0, 0.05) is 29.7 Å². The van der Waals surface area contributed by atoms with E-state index in [0.717, 1.165) is 23.3 Å². The highest BCUT2D eigenvalue weighted by atomic mass is 35.5. The highest BCUT2D eigenvalue weighted by Crippen LogP contribution is 2.18. The summed E-state index contributed by atoms with van der Waals surface area (Å²) in [5, 5.41) is 4.63. The zero-order valence-corrected chi connectivity index (χ0v) is 11.8. The minimum absolute atomic E-state index is 0.551. The van der Waals surface area contributed by atoms with Crippen LogP contribution in [0.3, 0.4) is 0 Å². The van der Waals surface area contributed by atoms with Crippen molar-refractivity contribution >= 4 is 28.2 Å². The number of aromatic nitrogens is 1. The van der Waals surface area contributed by atoms with Crippen molar-refractivity contribution < 1.29 is 0 Å². The van der Waals surface area contributed by atoms with E-state index in [2.05, 4.69) is 34.6 Å². The molecule has 0 aliphatic heterocycles. The first-order chi connectivity index (χ1) is 9.86. The smallest absolute Gasteiger partial charge is 0.0705 e. The van der Waals surface area contributed by atoms with Gasteiger partial charge in [-0.25, -0.2) is 0 Å². The second-order valence-electron chi connectivity index (χ2n) is 4.67. The van der Waals surface area contributed by atoms with Crippen LogP contribution >= 0.6 is 11.6 Å². The molecular weight excluding hydrogens is 268 g/mol. The SMILES string of the molecule is ClCc1ccc(NCc2ccnc3ccccc23)cc1. The van der Waals surface area contributed by atoms with E-state index in [1.165, 1.54) is 10.9 Å². The Morgan fingerprint density at radius 3 is 2.55 bits per heavy atom. The van der Waals surface area contributed by atoms with Crippen LogP contribution in [0.4, 0.5) is 5.69 Å². The Hall–Kier alpha value is -2.06. The van der Waals surface area contributed by atoms with Gasteiger partial charge in [-0.3, -0.25) is 4.98 Å². The Morgan fingerprint density at radius 1 is 0.950 bits per heavy atom. The number of alkyl halides is 1. The van der Waals surface area contributed by atoms with Gasteiger partial charge in [-0.2, -0.15) is 0 Å². The minimum Gasteiger partial charge on any atom is -0.381 e. The van der Waals surface area contributed by atoms with E-state index in [-0.39, 0.29) is 0 Å². The van der Waals surface area contributed by atoms with Crippen LogP contribution in [0.5, 0.6) is 0 Å². The van der Waals surface area contributed by atoms with Crippen molar-refractivity contribution in [3.63, 3.8) is 0 Å². The monoisotopic (exact) mass is 282 g/mol. The maximum absolute atomic E-state index is 5.79. The summed E-state index contributed by atoms with van der Waals surface area (Å²) in [6.45, 7) is 0.781. The van der Waals surface area contributed by atoms with Gasteiger partial charge in [-0.1, -0.05) is 30.3 Å². The van der Waals surface area contributed by atoms with Gasteiger partial charge < -0.3 is 5.32 Å². The van der Waals surface area contributed by atoms with Crippen LogP contribution in [0.15, 0.2) is 60.8 Å². The summed E-state index contributed by atoms with van der Waals surface area (Å²) in [6, 6.07) is 18.5. The molecule has 1 N–H and O–H groups in total. The lowest BCUT2D eigenvalue weighted by atomic mass is 10.1. The summed E-state index contributed by atoms with van der Waals surface area (Å²) in [5.74, 6) is 0.551. The topological polar surface area (TPSA) is 24.9 Å². The normalized spacial score (nSPS) is 10.7. The average Bonchev–Trinajstić information content (AvgIpc) is 2.53. The predicted molar refractivity (Wildman–Crippen MR) is 85.1 cm³/mol. The van der Waals surface area contributed by atoms with E-state index >= 15 is 0 Å². The molecular formula is C17H15ClN2. The van der Waals surface area contributed by atoms with Crippen molar-refractivity contribution in [3.05, 3.63) is 71.9 Å². The zero-order valence-electron chi connectivity index (χ0n) is 11.0. The third-order valence-corrected chi connectivity index (χ3v) is 3.64. The van der Waals surface area contributed by atoms with E-state index in [9.17, 15) is 0 Å². The van der Waals surface area contributed by atoms with Crippen molar-refractivity contribution in [2.24, 2.45) is 0 Å². The van der Waals surface area contributed by atoms with Crippen LogP contribution in [0.2, 0.25) is 0 Å². The van der Waals surface area contributed by atoms with Gasteiger partial charge in [0.1, 0.15) is 0 Å². The fraction of sp³-hybridized carbons (Fsp3) is 0.118. The molecule has 0 radical (unpaired) electrons. The van der Waals surface area contributed by atoms with Crippen molar-refractivity contribution in [3.8, 4) is 0 Å². The molecule has 1 heterocycles. The van der Waals surface area contributed by atoms with Gasteiger partial charge >= 0.3 is 0 Å². The number of para-hydroxylation sites is 1. The lowest BCUT2D eigenvalue weighted by Crippen LogP contribution is -2.00. The largest absolute Gasteiger partial charge is 0.381 e. The molecule has 1 aromatic heterocycles. The Balaban J connectivity index is 1.79. The number of anilines is 1. The fourth-order valence-electron chi connectivity index (χ4n) is 2.22. The van der Waals surface area contributed by atoms with Crippen molar-refractivity contribution in [2.75, 3.05) is 5.32 Å². The minimum atomic E-state index is 0.551. The third kappa shape index (κ3) is 2.75. The molecule has 0 fully saturated rings. The lowest BCUT2D eigenvalue weighted by molar-refractivity contribution is 1.15. The lowest BCUT2D eigenvalue weighted by Gasteiger charge is -2.09. The number of hydrogen-bond acceptors (Lipinski definition) is 2. The Morgan fingerprint density at radius 2 is 1.75 bits per heavy atom. The van der Waals surface area contributed by atoms with E-state index in [1.807, 2.05) is 36.5 Å². The standard InChI is InChI=1S/C17H15ClN2/c18-11-13-5-7-15(8-6-13)20-12-14-9-10-19-17-4-2-1-3-16(14)17/h1-10,20H,11-12H2. The first kappa shape index (κ1) is 12.9. The number of benzene rings is 2. The van der Waals surface area contributed by atoms with Crippen LogP contribution < -0.4 is 5.32 Å². The van der Waals surface area contributed by atoms with Gasteiger partial charge in [0.15, 0.2) is 0 Å². The van der Waals surface area contributed by atoms with E-state index < -0.39 is 0 Å². The zero-order chi connectivity index (χ0) is 13.8. The molecule has 0 atom stereocenters. The first-order valence-corrected chi connectivity index (χ1v) is 7.11. The number of nitrogens with one attached hydrogen (secondary N) is 1. The molecule has 0 bridgehead atoms. The summed E-state index contributed by atoms with van der Waals surface area (Å²) in [5.41, 5.74) is 4.51. The quantitative estimate of drug-likeness (QED) is 0.708. The van der Waals surface area contributed by atoms with Gasteiger partial charge in [-0.15, -0.1) is 11.6 Å². The van der Waals surface area contributed by atoms with Gasteiger partial charge in [0.05, 0.1) is 5.52 Å². The molecule has 100 valence electrons. The van der Waals surface area contributed by atoms with Crippen LogP contribution in [0, 0.1) is 0 Å². The molecule has 3 heteroatoms. The fourth-order valence-corrected chi connectivity index (χ4v) is 2.40. The van der Waals surface area contributed by atoms with Gasteiger partial charge in [-0.05, 0) is 35.4 Å². The van der Waals surface area contributed by atoms with Crippen LogP contribution in [0.25, 0.3) is 10.9 Å².